The van der Waals surface area contributed by atoms with E-state index in [1.54, 1.807) is 6.07 Å². The van der Waals surface area contributed by atoms with E-state index >= 15 is 0 Å². The lowest BCUT2D eigenvalue weighted by Gasteiger charge is -2.15. The molecule has 104 valence electrons. The summed E-state index contributed by atoms with van der Waals surface area (Å²) in [6.07, 6.45) is 3.72. The van der Waals surface area contributed by atoms with Crippen molar-refractivity contribution in [2.45, 2.75) is 26.2 Å². The van der Waals surface area contributed by atoms with E-state index in [0.29, 0.717) is 12.2 Å². The highest BCUT2D eigenvalue weighted by Gasteiger charge is 2.23. The summed E-state index contributed by atoms with van der Waals surface area (Å²) >= 11 is 0. The Hall–Kier alpha value is -1.55. The van der Waals surface area contributed by atoms with E-state index in [-0.39, 0.29) is 5.91 Å². The SMILES string of the molecule is CCCC1CCN(CC(=O)Nc2cccc(N)c2)C1. The number of nitrogen functional groups attached to an aromatic ring is 1. The topological polar surface area (TPSA) is 58.4 Å². The number of nitrogens with one attached hydrogen (secondary N) is 1. The van der Waals surface area contributed by atoms with Gasteiger partial charge in [0.1, 0.15) is 0 Å². The number of nitrogens with zero attached hydrogens (tertiary/aromatic N) is 1. The summed E-state index contributed by atoms with van der Waals surface area (Å²) < 4.78 is 0. The molecule has 1 aromatic carbocycles. The molecule has 1 aliphatic rings. The molecule has 1 unspecified atom stereocenters. The molecule has 4 nitrogen and oxygen atoms in total. The molecule has 0 spiro atoms. The molecule has 2 rings (SSSR count). The Balaban J connectivity index is 1.79. The standard InChI is InChI=1S/C15H23N3O/c1-2-4-12-7-8-18(10-12)11-15(19)17-14-6-3-5-13(16)9-14/h3,5-6,9,12H,2,4,7-8,10-11,16H2,1H3,(H,17,19). The minimum Gasteiger partial charge on any atom is -0.399 e. The van der Waals surface area contributed by atoms with Crippen LogP contribution in [0.4, 0.5) is 11.4 Å². The maximum Gasteiger partial charge on any atom is 0.238 e. The van der Waals surface area contributed by atoms with Crippen molar-refractivity contribution < 1.29 is 4.79 Å². The lowest BCUT2D eigenvalue weighted by molar-refractivity contribution is -0.117. The Morgan fingerprint density at radius 2 is 2.37 bits per heavy atom. The zero-order valence-electron chi connectivity index (χ0n) is 11.6. The van der Waals surface area contributed by atoms with E-state index in [1.165, 1.54) is 19.3 Å². The lowest BCUT2D eigenvalue weighted by Crippen LogP contribution is -2.31. The van der Waals surface area contributed by atoms with Crippen molar-refractivity contribution in [3.63, 3.8) is 0 Å². The largest absolute Gasteiger partial charge is 0.399 e. The van der Waals surface area contributed by atoms with Gasteiger partial charge in [0.25, 0.3) is 0 Å². The van der Waals surface area contributed by atoms with Crippen molar-refractivity contribution in [3.05, 3.63) is 24.3 Å². The summed E-state index contributed by atoms with van der Waals surface area (Å²) in [5.74, 6) is 0.813. The normalized spacial score (nSPS) is 19.5. The Morgan fingerprint density at radius 1 is 1.53 bits per heavy atom. The zero-order valence-corrected chi connectivity index (χ0v) is 11.6. The predicted octanol–water partition coefficient (Wildman–Crippen LogP) is 2.33. The number of hydrogen-bond donors (Lipinski definition) is 2. The van der Waals surface area contributed by atoms with Crippen LogP contribution in [0, 0.1) is 5.92 Å². The molecule has 0 aromatic heterocycles. The van der Waals surface area contributed by atoms with Crippen molar-refractivity contribution in [1.29, 1.82) is 0 Å². The van der Waals surface area contributed by atoms with E-state index in [0.717, 1.165) is 24.7 Å². The van der Waals surface area contributed by atoms with Crippen LogP contribution >= 0.6 is 0 Å². The maximum absolute atomic E-state index is 12.0. The third kappa shape index (κ3) is 4.24. The first-order valence-electron chi connectivity index (χ1n) is 7.05. The van der Waals surface area contributed by atoms with Crippen LogP contribution in [-0.2, 0) is 4.79 Å². The summed E-state index contributed by atoms with van der Waals surface area (Å²) in [5.41, 5.74) is 7.13. The summed E-state index contributed by atoms with van der Waals surface area (Å²) in [4.78, 5) is 14.2. The first-order valence-corrected chi connectivity index (χ1v) is 7.05. The van der Waals surface area contributed by atoms with Gasteiger partial charge in [0.05, 0.1) is 6.54 Å². The van der Waals surface area contributed by atoms with Gasteiger partial charge >= 0.3 is 0 Å². The molecule has 1 saturated heterocycles. The second kappa shape index (κ2) is 6.57. The molecule has 1 atom stereocenters. The highest BCUT2D eigenvalue weighted by atomic mass is 16.2. The van der Waals surface area contributed by atoms with Gasteiger partial charge in [0.15, 0.2) is 0 Å². The van der Waals surface area contributed by atoms with E-state index < -0.39 is 0 Å². The van der Waals surface area contributed by atoms with Gasteiger partial charge in [-0.3, -0.25) is 9.69 Å². The number of carbonyl (C=O) groups excluding carboxylic acids is 1. The highest BCUT2D eigenvalue weighted by Crippen LogP contribution is 2.20. The van der Waals surface area contributed by atoms with Crippen molar-refractivity contribution >= 4 is 17.3 Å². The number of rotatable bonds is 5. The number of carbonyl (C=O) groups is 1. The lowest BCUT2D eigenvalue weighted by atomic mass is 10.0. The summed E-state index contributed by atoms with van der Waals surface area (Å²) in [5, 5.41) is 2.90. The third-order valence-electron chi connectivity index (χ3n) is 3.60. The summed E-state index contributed by atoms with van der Waals surface area (Å²) in [6.45, 7) is 4.79. The quantitative estimate of drug-likeness (QED) is 0.800. The van der Waals surface area contributed by atoms with Gasteiger partial charge in [0, 0.05) is 17.9 Å². The smallest absolute Gasteiger partial charge is 0.238 e. The van der Waals surface area contributed by atoms with Gasteiger partial charge in [-0.15, -0.1) is 0 Å². The number of hydrogen-bond acceptors (Lipinski definition) is 3. The number of amides is 1. The molecule has 4 heteroatoms. The summed E-state index contributed by atoms with van der Waals surface area (Å²) in [6, 6.07) is 7.30. The van der Waals surface area contributed by atoms with Gasteiger partial charge in [0.2, 0.25) is 5.91 Å². The highest BCUT2D eigenvalue weighted by molar-refractivity contribution is 5.92. The van der Waals surface area contributed by atoms with E-state index in [1.807, 2.05) is 18.2 Å². The van der Waals surface area contributed by atoms with Crippen LogP contribution in [0.1, 0.15) is 26.2 Å². The number of benzene rings is 1. The molecule has 0 saturated carbocycles. The zero-order chi connectivity index (χ0) is 13.7. The maximum atomic E-state index is 12.0. The Labute approximate surface area is 115 Å². The van der Waals surface area contributed by atoms with Crippen LogP contribution in [0.3, 0.4) is 0 Å². The monoisotopic (exact) mass is 261 g/mol. The second-order valence-corrected chi connectivity index (χ2v) is 5.35. The van der Waals surface area contributed by atoms with Crippen LogP contribution < -0.4 is 11.1 Å². The molecule has 0 radical (unpaired) electrons. The minimum absolute atomic E-state index is 0.0442. The molecule has 0 bridgehead atoms. The molecule has 19 heavy (non-hydrogen) atoms. The molecule has 1 aromatic rings. The summed E-state index contributed by atoms with van der Waals surface area (Å²) in [7, 11) is 0. The van der Waals surface area contributed by atoms with E-state index in [2.05, 4.69) is 17.1 Å². The van der Waals surface area contributed by atoms with Gasteiger partial charge in [-0.1, -0.05) is 19.4 Å². The number of likely N-dealkylation sites (tertiary alicyclic amines) is 1. The first kappa shape index (κ1) is 13.9. The fourth-order valence-electron chi connectivity index (χ4n) is 2.72. The molecular formula is C15H23N3O. The second-order valence-electron chi connectivity index (χ2n) is 5.35. The first-order chi connectivity index (χ1) is 9.17. The predicted molar refractivity (Wildman–Crippen MR) is 78.9 cm³/mol. The van der Waals surface area contributed by atoms with Gasteiger partial charge < -0.3 is 11.1 Å². The molecule has 1 fully saturated rings. The minimum atomic E-state index is 0.0442. The van der Waals surface area contributed by atoms with Crippen LogP contribution in [0.5, 0.6) is 0 Å². The van der Waals surface area contributed by atoms with Crippen LogP contribution in [0.25, 0.3) is 0 Å². The van der Waals surface area contributed by atoms with Gasteiger partial charge in [-0.25, -0.2) is 0 Å². The van der Waals surface area contributed by atoms with Crippen molar-refractivity contribution in [2.75, 3.05) is 30.7 Å². The van der Waals surface area contributed by atoms with Gasteiger partial charge in [-0.2, -0.15) is 0 Å². The van der Waals surface area contributed by atoms with Crippen LogP contribution in [0.15, 0.2) is 24.3 Å². The molecule has 1 amide bonds. The Kier molecular flexibility index (Phi) is 4.80. The average Bonchev–Trinajstić information content (AvgIpc) is 2.77. The fraction of sp³-hybridized carbons (Fsp3) is 0.533. The van der Waals surface area contributed by atoms with E-state index in [4.69, 9.17) is 5.73 Å². The molecule has 0 aliphatic carbocycles. The van der Waals surface area contributed by atoms with Crippen LogP contribution in [0.2, 0.25) is 0 Å². The average molecular weight is 261 g/mol. The molecule has 3 N–H and O–H groups in total. The van der Waals surface area contributed by atoms with Crippen molar-refractivity contribution in [1.82, 2.24) is 4.90 Å². The van der Waals surface area contributed by atoms with Crippen molar-refractivity contribution in [2.24, 2.45) is 5.92 Å². The third-order valence-corrected chi connectivity index (χ3v) is 3.60. The Morgan fingerprint density at radius 3 is 3.11 bits per heavy atom. The molecular weight excluding hydrogens is 238 g/mol. The molecule has 1 aliphatic heterocycles. The Bertz CT molecular complexity index is 433. The van der Waals surface area contributed by atoms with Crippen molar-refractivity contribution in [3.8, 4) is 0 Å². The fourth-order valence-corrected chi connectivity index (χ4v) is 2.72. The van der Waals surface area contributed by atoms with Crippen LogP contribution in [-0.4, -0.2) is 30.4 Å². The number of nitrogens with two attached hydrogens (primary N) is 1. The van der Waals surface area contributed by atoms with Gasteiger partial charge in [-0.05, 0) is 43.5 Å². The number of anilines is 2. The molecule has 1 heterocycles. The van der Waals surface area contributed by atoms with E-state index in [9.17, 15) is 4.79 Å².